The fourth-order valence-corrected chi connectivity index (χ4v) is 8.89. The lowest BCUT2D eigenvalue weighted by molar-refractivity contribution is 0.420. The van der Waals surface area contributed by atoms with Gasteiger partial charge in [-0.25, -0.2) is 0 Å². The van der Waals surface area contributed by atoms with Gasteiger partial charge in [-0.1, -0.05) is 227 Å². The quantitative estimate of drug-likeness (QED) is 0.143. The molecule has 0 bridgehead atoms. The maximum Gasteiger partial charge on any atom is 0.0464 e. The molecule has 1 nitrogen and oxygen atoms in total. The minimum absolute atomic E-state index is 0.705. The average Bonchev–Trinajstić information content (AvgIpc) is 3.34. The lowest BCUT2D eigenvalue weighted by Crippen LogP contribution is -2.10. The van der Waals surface area contributed by atoms with E-state index < -0.39 is 0 Å². The van der Waals surface area contributed by atoms with E-state index >= 15 is 0 Å². The van der Waals surface area contributed by atoms with Crippen molar-refractivity contribution >= 4 is 44.1 Å². The molecule has 0 amide bonds. The Hall–Kier alpha value is -7.22. The van der Waals surface area contributed by atoms with Crippen molar-refractivity contribution in [1.82, 2.24) is 0 Å². The Kier molecular flexibility index (Phi) is 14.6. The summed E-state index contributed by atoms with van der Waals surface area (Å²) in [5.41, 5.74) is 18.0. The Morgan fingerprint density at radius 1 is 0.462 bits per heavy atom. The highest BCUT2D eigenvalue weighted by Crippen LogP contribution is 2.43. The molecule has 1 aliphatic rings. The summed E-state index contributed by atoms with van der Waals surface area (Å²) in [6, 6.07) is 74.0. The fraction of sp³-hybridized carbons (Fsp3) is 0.156. The van der Waals surface area contributed by atoms with Crippen LogP contribution in [0, 0.1) is 6.92 Å². The first-order valence-corrected chi connectivity index (χ1v) is 23.5. The standard InChI is InChI=1S/C43H35N.C18H18.C3H8/c1-29-34(20-10-21-35(29)38-17-5-4-16-36(38)31-12-8-13-31)32-23-25-33(26-24-32)44-43-28-27-41(40-18-6-7-19-42(40)43)39-22-9-14-30-11-2-3-15-37(30)39;1-15(17-9-5-3-6-10-17)13-14-16(2)18-11-7-4-8-12-18;1-3-2/h2-7,9-11,14-28,31,44H,8,12-13H2,1H3;3-14H,1-2H3;3H2,1-2H3/b;15-13+,16-14+;. The van der Waals surface area contributed by atoms with Crippen molar-refractivity contribution in [3.8, 4) is 33.4 Å². The van der Waals surface area contributed by atoms with Crippen LogP contribution in [0.15, 0.2) is 218 Å². The van der Waals surface area contributed by atoms with Crippen LogP contribution in [-0.4, -0.2) is 0 Å². The summed E-state index contributed by atoms with van der Waals surface area (Å²) in [6.45, 7) is 10.8. The molecule has 0 aliphatic heterocycles. The summed E-state index contributed by atoms with van der Waals surface area (Å²) in [4.78, 5) is 0. The Labute approximate surface area is 387 Å². The number of fused-ring (bicyclic) bond motifs is 2. The van der Waals surface area contributed by atoms with E-state index in [1.54, 1.807) is 0 Å². The Morgan fingerprint density at radius 2 is 0.954 bits per heavy atom. The number of rotatable bonds is 9. The predicted molar refractivity (Wildman–Crippen MR) is 285 cm³/mol. The molecule has 1 fully saturated rings. The van der Waals surface area contributed by atoms with Gasteiger partial charge in [0.2, 0.25) is 0 Å². The summed E-state index contributed by atoms with van der Waals surface area (Å²) in [5, 5.41) is 8.74. The lowest BCUT2D eigenvalue weighted by atomic mass is 9.76. The summed E-state index contributed by atoms with van der Waals surface area (Å²) < 4.78 is 0. The number of benzene rings is 9. The summed E-state index contributed by atoms with van der Waals surface area (Å²) in [7, 11) is 0. The first-order chi connectivity index (χ1) is 31.9. The largest absolute Gasteiger partial charge is 0.355 e. The van der Waals surface area contributed by atoms with E-state index in [-0.39, 0.29) is 0 Å². The van der Waals surface area contributed by atoms with Crippen molar-refractivity contribution < 1.29 is 0 Å². The van der Waals surface area contributed by atoms with Crippen molar-refractivity contribution in [2.75, 3.05) is 5.32 Å². The van der Waals surface area contributed by atoms with E-state index in [2.05, 4.69) is 246 Å². The molecule has 0 aromatic heterocycles. The minimum atomic E-state index is 0.705. The second-order valence-electron chi connectivity index (χ2n) is 17.3. The topological polar surface area (TPSA) is 12.0 Å². The smallest absolute Gasteiger partial charge is 0.0464 e. The number of allylic oxidation sites excluding steroid dienone is 4. The van der Waals surface area contributed by atoms with Gasteiger partial charge in [0.1, 0.15) is 0 Å². The van der Waals surface area contributed by atoms with Crippen LogP contribution in [0.4, 0.5) is 11.4 Å². The average molecular weight is 844 g/mol. The van der Waals surface area contributed by atoms with Crippen molar-refractivity contribution in [2.45, 2.75) is 66.2 Å². The first-order valence-electron chi connectivity index (χ1n) is 23.5. The van der Waals surface area contributed by atoms with Crippen LogP contribution in [0.1, 0.15) is 81.5 Å². The highest BCUT2D eigenvalue weighted by atomic mass is 14.9. The van der Waals surface area contributed by atoms with Crippen LogP contribution in [0.2, 0.25) is 0 Å². The van der Waals surface area contributed by atoms with Crippen LogP contribution in [0.25, 0.3) is 66.1 Å². The molecule has 1 N–H and O–H groups in total. The number of nitrogens with one attached hydrogen (secondary N) is 1. The van der Waals surface area contributed by atoms with E-state index in [0.717, 1.165) is 11.4 Å². The van der Waals surface area contributed by atoms with E-state index in [1.165, 1.54) is 114 Å². The van der Waals surface area contributed by atoms with Gasteiger partial charge in [0, 0.05) is 16.8 Å². The molecule has 0 unspecified atom stereocenters. The number of hydrogen-bond acceptors (Lipinski definition) is 1. The van der Waals surface area contributed by atoms with Crippen LogP contribution in [-0.2, 0) is 0 Å². The molecule has 322 valence electrons. The van der Waals surface area contributed by atoms with Gasteiger partial charge in [-0.3, -0.25) is 0 Å². The second-order valence-corrected chi connectivity index (χ2v) is 17.3. The van der Waals surface area contributed by atoms with E-state index in [0.29, 0.717) is 5.92 Å². The highest BCUT2D eigenvalue weighted by Gasteiger charge is 2.23. The van der Waals surface area contributed by atoms with Crippen molar-refractivity contribution in [1.29, 1.82) is 0 Å². The Balaban J connectivity index is 0.000000229. The maximum atomic E-state index is 3.73. The van der Waals surface area contributed by atoms with Crippen LogP contribution >= 0.6 is 0 Å². The zero-order chi connectivity index (χ0) is 45.0. The highest BCUT2D eigenvalue weighted by molar-refractivity contribution is 6.09. The van der Waals surface area contributed by atoms with Gasteiger partial charge in [-0.2, -0.15) is 0 Å². The predicted octanol–water partition coefficient (Wildman–Crippen LogP) is 18.9. The normalized spacial score (nSPS) is 12.7. The van der Waals surface area contributed by atoms with Gasteiger partial charge in [0.15, 0.2) is 0 Å². The molecule has 9 aromatic rings. The third-order valence-corrected chi connectivity index (χ3v) is 12.7. The van der Waals surface area contributed by atoms with Crippen molar-refractivity contribution in [3.63, 3.8) is 0 Å². The zero-order valence-corrected chi connectivity index (χ0v) is 38.7. The van der Waals surface area contributed by atoms with Crippen molar-refractivity contribution in [3.05, 3.63) is 241 Å². The molecular weight excluding hydrogens is 783 g/mol. The lowest BCUT2D eigenvalue weighted by Gasteiger charge is -2.28. The van der Waals surface area contributed by atoms with Gasteiger partial charge < -0.3 is 5.32 Å². The molecule has 0 saturated heterocycles. The number of hydrogen-bond donors (Lipinski definition) is 1. The summed E-state index contributed by atoms with van der Waals surface area (Å²) in [6.07, 6.45) is 9.58. The SMILES string of the molecule is C/C(=C\C=C(/C)c1ccccc1)c1ccccc1.CCC.Cc1c(-c2ccc(Nc3ccc(-c4cccc5ccccc45)c4ccccc34)cc2)cccc1-c1ccccc1C1CCC1. The summed E-state index contributed by atoms with van der Waals surface area (Å²) >= 11 is 0. The molecule has 0 atom stereocenters. The molecule has 0 radical (unpaired) electrons. The van der Waals surface area contributed by atoms with E-state index in [4.69, 9.17) is 0 Å². The zero-order valence-electron chi connectivity index (χ0n) is 38.7. The molecular formula is C64H61N. The molecule has 1 saturated carbocycles. The maximum absolute atomic E-state index is 3.73. The fourth-order valence-electron chi connectivity index (χ4n) is 8.89. The molecule has 9 aromatic carbocycles. The van der Waals surface area contributed by atoms with Crippen molar-refractivity contribution in [2.24, 2.45) is 0 Å². The molecule has 0 spiro atoms. The Morgan fingerprint density at radius 3 is 1.60 bits per heavy atom. The minimum Gasteiger partial charge on any atom is -0.355 e. The van der Waals surface area contributed by atoms with E-state index in [1.807, 2.05) is 12.1 Å². The molecule has 1 heteroatoms. The molecule has 65 heavy (non-hydrogen) atoms. The van der Waals surface area contributed by atoms with Gasteiger partial charge in [-0.05, 0) is 141 Å². The third kappa shape index (κ3) is 10.4. The molecule has 1 aliphatic carbocycles. The second kappa shape index (κ2) is 21.4. The van der Waals surface area contributed by atoms with Crippen LogP contribution in [0.5, 0.6) is 0 Å². The van der Waals surface area contributed by atoms with Gasteiger partial charge >= 0.3 is 0 Å². The van der Waals surface area contributed by atoms with Crippen LogP contribution < -0.4 is 5.32 Å². The number of anilines is 2. The monoisotopic (exact) mass is 843 g/mol. The van der Waals surface area contributed by atoms with E-state index in [9.17, 15) is 0 Å². The first kappa shape index (κ1) is 44.4. The van der Waals surface area contributed by atoms with Crippen LogP contribution in [0.3, 0.4) is 0 Å². The van der Waals surface area contributed by atoms with Gasteiger partial charge in [0.25, 0.3) is 0 Å². The molecule has 0 heterocycles. The van der Waals surface area contributed by atoms with Gasteiger partial charge in [0.05, 0.1) is 0 Å². The summed E-state index contributed by atoms with van der Waals surface area (Å²) in [5.74, 6) is 0.705. The molecule has 10 rings (SSSR count). The van der Waals surface area contributed by atoms with Gasteiger partial charge in [-0.15, -0.1) is 0 Å². The third-order valence-electron chi connectivity index (χ3n) is 12.7. The Bertz CT molecular complexity index is 2980.